The highest BCUT2D eigenvalue weighted by Crippen LogP contribution is 2.55. The molecular weight excluding hydrogens is 300 g/mol. The van der Waals surface area contributed by atoms with Crippen molar-refractivity contribution in [2.24, 2.45) is 11.3 Å². The second-order valence-corrected chi connectivity index (χ2v) is 7.74. The van der Waals surface area contributed by atoms with Gasteiger partial charge in [0.2, 0.25) is 5.91 Å². The Kier molecular flexibility index (Phi) is 4.35. The summed E-state index contributed by atoms with van der Waals surface area (Å²) in [5, 5.41) is 0. The SMILES string of the molecule is CN1C(=O)C2(CCN(CC3CCOCC3)CC2)C1c1ccccc1. The van der Waals surface area contributed by atoms with Gasteiger partial charge < -0.3 is 14.5 Å². The highest BCUT2D eigenvalue weighted by molar-refractivity contribution is 5.90. The molecule has 1 amide bonds. The second kappa shape index (κ2) is 6.49. The fourth-order valence-corrected chi connectivity index (χ4v) is 4.98. The molecule has 1 aromatic rings. The number of rotatable bonds is 3. The lowest BCUT2D eigenvalue weighted by molar-refractivity contribution is -0.177. The summed E-state index contributed by atoms with van der Waals surface area (Å²) in [7, 11) is 1.96. The molecule has 0 aliphatic carbocycles. The van der Waals surface area contributed by atoms with Crippen molar-refractivity contribution in [1.82, 2.24) is 9.80 Å². The molecule has 0 radical (unpaired) electrons. The van der Waals surface area contributed by atoms with Gasteiger partial charge in [-0.25, -0.2) is 0 Å². The summed E-state index contributed by atoms with van der Waals surface area (Å²) in [5.41, 5.74) is 1.14. The van der Waals surface area contributed by atoms with Crippen LogP contribution in [-0.2, 0) is 9.53 Å². The Hall–Kier alpha value is -1.39. The van der Waals surface area contributed by atoms with Gasteiger partial charge in [0.05, 0.1) is 11.5 Å². The van der Waals surface area contributed by atoms with Crippen LogP contribution in [0.25, 0.3) is 0 Å². The lowest BCUT2D eigenvalue weighted by Crippen LogP contribution is -2.65. The molecule has 3 heterocycles. The van der Waals surface area contributed by atoms with E-state index >= 15 is 0 Å². The number of β-lactam (4-membered cyclic amide) rings is 1. The van der Waals surface area contributed by atoms with Gasteiger partial charge in [-0.1, -0.05) is 30.3 Å². The first kappa shape index (κ1) is 16.1. The van der Waals surface area contributed by atoms with E-state index in [9.17, 15) is 4.79 Å². The third kappa shape index (κ3) is 2.66. The van der Waals surface area contributed by atoms with Crippen molar-refractivity contribution < 1.29 is 9.53 Å². The predicted molar refractivity (Wildman–Crippen MR) is 93.6 cm³/mol. The summed E-state index contributed by atoms with van der Waals surface area (Å²) in [6.45, 7) is 5.13. The minimum absolute atomic E-state index is 0.151. The lowest BCUT2D eigenvalue weighted by Gasteiger charge is -2.58. The van der Waals surface area contributed by atoms with Crippen LogP contribution in [-0.4, -0.2) is 55.6 Å². The van der Waals surface area contributed by atoms with Gasteiger partial charge in [-0.2, -0.15) is 0 Å². The Balaban J connectivity index is 1.42. The fourth-order valence-electron chi connectivity index (χ4n) is 4.98. The van der Waals surface area contributed by atoms with E-state index in [0.717, 1.165) is 45.1 Å². The number of hydrogen-bond donors (Lipinski definition) is 0. The molecule has 4 rings (SSSR count). The Labute approximate surface area is 144 Å². The topological polar surface area (TPSA) is 32.8 Å². The van der Waals surface area contributed by atoms with Crippen LogP contribution >= 0.6 is 0 Å². The summed E-state index contributed by atoms with van der Waals surface area (Å²) in [6.07, 6.45) is 4.38. The van der Waals surface area contributed by atoms with Crippen LogP contribution in [0.4, 0.5) is 0 Å². The molecule has 3 aliphatic heterocycles. The Morgan fingerprint density at radius 3 is 2.46 bits per heavy atom. The normalized spacial score (nSPS) is 28.1. The number of carbonyl (C=O) groups excluding carboxylic acids is 1. The van der Waals surface area contributed by atoms with E-state index in [0.29, 0.717) is 5.91 Å². The van der Waals surface area contributed by atoms with Gasteiger partial charge in [-0.05, 0) is 50.3 Å². The molecule has 1 atom stereocenters. The number of carbonyl (C=O) groups is 1. The maximum absolute atomic E-state index is 12.7. The third-order valence-electron chi connectivity index (χ3n) is 6.38. The Morgan fingerprint density at radius 1 is 1.12 bits per heavy atom. The first-order valence-electron chi connectivity index (χ1n) is 9.33. The summed E-state index contributed by atoms with van der Waals surface area (Å²) in [5.74, 6) is 1.12. The molecule has 1 spiro atoms. The second-order valence-electron chi connectivity index (χ2n) is 7.74. The molecule has 130 valence electrons. The Bertz CT molecular complexity index is 575. The Morgan fingerprint density at radius 2 is 1.79 bits per heavy atom. The van der Waals surface area contributed by atoms with Crippen molar-refractivity contribution >= 4 is 5.91 Å². The average molecular weight is 328 g/mol. The maximum atomic E-state index is 12.7. The van der Waals surface area contributed by atoms with Crippen LogP contribution < -0.4 is 0 Å². The van der Waals surface area contributed by atoms with Crippen LogP contribution in [0.2, 0.25) is 0 Å². The molecule has 4 nitrogen and oxygen atoms in total. The molecule has 1 unspecified atom stereocenters. The van der Waals surface area contributed by atoms with Gasteiger partial charge in [0.25, 0.3) is 0 Å². The van der Waals surface area contributed by atoms with Gasteiger partial charge in [0.1, 0.15) is 0 Å². The van der Waals surface area contributed by atoms with Crippen molar-refractivity contribution in [1.29, 1.82) is 0 Å². The molecule has 0 N–H and O–H groups in total. The molecule has 3 saturated heterocycles. The molecule has 0 aromatic heterocycles. The standard InChI is InChI=1S/C20H28N2O2/c1-21-18(17-5-3-2-4-6-17)20(19(21)23)9-11-22(12-10-20)15-16-7-13-24-14-8-16/h2-6,16,18H,7-15H2,1H3. The third-order valence-corrected chi connectivity index (χ3v) is 6.38. The predicted octanol–water partition coefficient (Wildman–Crippen LogP) is 2.71. The highest BCUT2D eigenvalue weighted by atomic mass is 16.5. The van der Waals surface area contributed by atoms with E-state index < -0.39 is 0 Å². The number of nitrogens with zero attached hydrogens (tertiary/aromatic N) is 2. The van der Waals surface area contributed by atoms with Gasteiger partial charge >= 0.3 is 0 Å². The minimum Gasteiger partial charge on any atom is -0.381 e. The first-order chi connectivity index (χ1) is 11.7. The number of benzene rings is 1. The molecule has 3 aliphatic rings. The summed E-state index contributed by atoms with van der Waals surface area (Å²) < 4.78 is 5.47. The van der Waals surface area contributed by atoms with Crippen molar-refractivity contribution in [3.05, 3.63) is 35.9 Å². The minimum atomic E-state index is -0.151. The number of amides is 1. The van der Waals surface area contributed by atoms with Crippen molar-refractivity contribution in [3.8, 4) is 0 Å². The number of ether oxygens (including phenoxy) is 1. The van der Waals surface area contributed by atoms with Crippen LogP contribution in [0.1, 0.15) is 37.3 Å². The lowest BCUT2D eigenvalue weighted by atomic mass is 9.62. The number of piperidine rings is 1. The average Bonchev–Trinajstić information content (AvgIpc) is 2.64. The van der Waals surface area contributed by atoms with Crippen molar-refractivity contribution in [3.63, 3.8) is 0 Å². The van der Waals surface area contributed by atoms with Gasteiger partial charge in [0.15, 0.2) is 0 Å². The molecule has 24 heavy (non-hydrogen) atoms. The number of likely N-dealkylation sites (tertiary alicyclic amines) is 2. The zero-order valence-corrected chi connectivity index (χ0v) is 14.6. The van der Waals surface area contributed by atoms with Crippen molar-refractivity contribution in [2.75, 3.05) is 39.9 Å². The van der Waals surface area contributed by atoms with E-state index in [-0.39, 0.29) is 11.5 Å². The van der Waals surface area contributed by atoms with Gasteiger partial charge in [0, 0.05) is 26.8 Å². The number of hydrogen-bond acceptors (Lipinski definition) is 3. The highest BCUT2D eigenvalue weighted by Gasteiger charge is 2.59. The van der Waals surface area contributed by atoms with E-state index in [1.54, 1.807) is 0 Å². The zero-order chi connectivity index (χ0) is 16.6. The van der Waals surface area contributed by atoms with Crippen LogP contribution in [0.5, 0.6) is 0 Å². The molecule has 0 bridgehead atoms. The van der Waals surface area contributed by atoms with Gasteiger partial charge in [-0.15, -0.1) is 0 Å². The largest absolute Gasteiger partial charge is 0.381 e. The summed E-state index contributed by atoms with van der Waals surface area (Å²) in [4.78, 5) is 17.2. The fraction of sp³-hybridized carbons (Fsp3) is 0.650. The van der Waals surface area contributed by atoms with E-state index in [1.165, 1.54) is 24.9 Å². The van der Waals surface area contributed by atoms with E-state index in [2.05, 4.69) is 29.2 Å². The smallest absolute Gasteiger partial charge is 0.231 e. The molecule has 1 aromatic carbocycles. The van der Waals surface area contributed by atoms with Crippen LogP contribution in [0, 0.1) is 11.3 Å². The molecule has 3 fully saturated rings. The maximum Gasteiger partial charge on any atom is 0.231 e. The molecule has 4 heteroatoms. The van der Waals surface area contributed by atoms with Crippen LogP contribution in [0.3, 0.4) is 0 Å². The summed E-state index contributed by atoms with van der Waals surface area (Å²) >= 11 is 0. The van der Waals surface area contributed by atoms with E-state index in [1.807, 2.05) is 18.0 Å². The monoisotopic (exact) mass is 328 g/mol. The van der Waals surface area contributed by atoms with E-state index in [4.69, 9.17) is 4.74 Å². The molecular formula is C20H28N2O2. The van der Waals surface area contributed by atoms with Crippen molar-refractivity contribution in [2.45, 2.75) is 31.7 Å². The molecule has 0 saturated carbocycles. The first-order valence-corrected chi connectivity index (χ1v) is 9.33. The van der Waals surface area contributed by atoms with Gasteiger partial charge in [-0.3, -0.25) is 4.79 Å². The zero-order valence-electron chi connectivity index (χ0n) is 14.6. The quantitative estimate of drug-likeness (QED) is 0.800. The summed E-state index contributed by atoms with van der Waals surface area (Å²) in [6, 6.07) is 10.8. The van der Waals surface area contributed by atoms with Crippen LogP contribution in [0.15, 0.2) is 30.3 Å².